The molecule has 2 heterocycles. The molecule has 2 fully saturated rings. The van der Waals surface area contributed by atoms with Crippen molar-refractivity contribution in [1.29, 1.82) is 0 Å². The zero-order chi connectivity index (χ0) is 12.3. The average Bonchev–Trinajstić information content (AvgIpc) is 2.39. The van der Waals surface area contributed by atoms with Gasteiger partial charge < -0.3 is 10.2 Å². The first-order chi connectivity index (χ1) is 8.20. The summed E-state index contributed by atoms with van der Waals surface area (Å²) in [6, 6.07) is -0.233. The van der Waals surface area contributed by atoms with Gasteiger partial charge in [0.05, 0.1) is 6.54 Å². The standard InChI is InChI=1S/C12H21N3O2/c1-2-9-4-3-5-15(8-9)12(17)10-6-14-11(16)7-13-10/h9-10,13H,2-8H2,1H3,(H,14,16). The molecule has 2 aliphatic rings. The lowest BCUT2D eigenvalue weighted by atomic mass is 9.95. The molecule has 0 bridgehead atoms. The van der Waals surface area contributed by atoms with E-state index >= 15 is 0 Å². The van der Waals surface area contributed by atoms with E-state index in [4.69, 9.17) is 0 Å². The summed E-state index contributed by atoms with van der Waals surface area (Å²) >= 11 is 0. The molecule has 0 aromatic heterocycles. The Labute approximate surface area is 102 Å². The van der Waals surface area contributed by atoms with Crippen LogP contribution in [0.25, 0.3) is 0 Å². The highest BCUT2D eigenvalue weighted by Crippen LogP contribution is 2.19. The van der Waals surface area contributed by atoms with Crippen LogP contribution in [0.5, 0.6) is 0 Å². The topological polar surface area (TPSA) is 61.4 Å². The van der Waals surface area contributed by atoms with E-state index in [1.54, 1.807) is 0 Å². The van der Waals surface area contributed by atoms with Crippen LogP contribution in [0.4, 0.5) is 0 Å². The number of piperazine rings is 1. The Hall–Kier alpha value is -1.10. The second-order valence-electron chi connectivity index (χ2n) is 4.94. The highest BCUT2D eigenvalue weighted by molar-refractivity contribution is 5.86. The molecule has 2 aliphatic heterocycles. The fourth-order valence-electron chi connectivity index (χ4n) is 2.56. The molecule has 2 amide bonds. The zero-order valence-corrected chi connectivity index (χ0v) is 10.4. The summed E-state index contributed by atoms with van der Waals surface area (Å²) in [6.45, 7) is 4.59. The lowest BCUT2D eigenvalue weighted by Crippen LogP contribution is -2.59. The second kappa shape index (κ2) is 5.49. The highest BCUT2D eigenvalue weighted by atomic mass is 16.2. The van der Waals surface area contributed by atoms with E-state index in [-0.39, 0.29) is 24.4 Å². The van der Waals surface area contributed by atoms with Gasteiger partial charge in [0.1, 0.15) is 6.04 Å². The van der Waals surface area contributed by atoms with Crippen LogP contribution in [0, 0.1) is 5.92 Å². The van der Waals surface area contributed by atoms with Crippen molar-refractivity contribution in [3.63, 3.8) is 0 Å². The number of carbonyl (C=O) groups excluding carboxylic acids is 2. The van der Waals surface area contributed by atoms with Gasteiger partial charge in [0.15, 0.2) is 0 Å². The smallest absolute Gasteiger partial charge is 0.241 e. The molecule has 0 spiro atoms. The van der Waals surface area contributed by atoms with Crippen molar-refractivity contribution in [2.24, 2.45) is 5.92 Å². The Kier molecular flexibility index (Phi) is 3.99. The SMILES string of the molecule is CCC1CCCN(C(=O)C2CNC(=O)CN2)C1. The third kappa shape index (κ3) is 2.97. The van der Waals surface area contributed by atoms with Crippen LogP contribution in [-0.4, -0.2) is 48.9 Å². The number of nitrogens with zero attached hydrogens (tertiary/aromatic N) is 1. The molecule has 17 heavy (non-hydrogen) atoms. The first-order valence-corrected chi connectivity index (χ1v) is 6.49. The average molecular weight is 239 g/mol. The molecular weight excluding hydrogens is 218 g/mol. The van der Waals surface area contributed by atoms with Crippen LogP contribution >= 0.6 is 0 Å². The van der Waals surface area contributed by atoms with Crippen LogP contribution in [0.3, 0.4) is 0 Å². The van der Waals surface area contributed by atoms with Gasteiger partial charge in [-0.25, -0.2) is 0 Å². The molecule has 0 aromatic rings. The molecule has 2 saturated heterocycles. The minimum Gasteiger partial charge on any atom is -0.353 e. The van der Waals surface area contributed by atoms with Crippen LogP contribution in [0.1, 0.15) is 26.2 Å². The van der Waals surface area contributed by atoms with Crippen molar-refractivity contribution in [3.8, 4) is 0 Å². The molecule has 0 aliphatic carbocycles. The molecule has 2 N–H and O–H groups in total. The summed E-state index contributed by atoms with van der Waals surface area (Å²) in [7, 11) is 0. The lowest BCUT2D eigenvalue weighted by Gasteiger charge is -2.35. The number of amides is 2. The Bertz CT molecular complexity index is 296. The summed E-state index contributed by atoms with van der Waals surface area (Å²) in [5.74, 6) is 0.758. The number of nitrogens with one attached hydrogen (secondary N) is 2. The summed E-state index contributed by atoms with van der Waals surface area (Å²) in [5.41, 5.74) is 0. The van der Waals surface area contributed by atoms with Crippen LogP contribution < -0.4 is 10.6 Å². The van der Waals surface area contributed by atoms with Crippen molar-refractivity contribution >= 4 is 11.8 Å². The van der Waals surface area contributed by atoms with Crippen molar-refractivity contribution in [2.75, 3.05) is 26.2 Å². The second-order valence-corrected chi connectivity index (χ2v) is 4.94. The summed E-state index contributed by atoms with van der Waals surface area (Å²) in [4.78, 5) is 25.2. The monoisotopic (exact) mass is 239 g/mol. The molecule has 5 nitrogen and oxygen atoms in total. The third-order valence-corrected chi connectivity index (χ3v) is 3.72. The Morgan fingerprint density at radius 2 is 2.35 bits per heavy atom. The van der Waals surface area contributed by atoms with Crippen LogP contribution in [0.2, 0.25) is 0 Å². The number of carbonyl (C=O) groups is 2. The Balaban J connectivity index is 1.88. The quantitative estimate of drug-likeness (QED) is 0.697. The number of likely N-dealkylation sites (tertiary alicyclic amines) is 1. The largest absolute Gasteiger partial charge is 0.353 e. The maximum atomic E-state index is 12.2. The lowest BCUT2D eigenvalue weighted by molar-refractivity contribution is -0.136. The van der Waals surface area contributed by atoms with Crippen molar-refractivity contribution in [3.05, 3.63) is 0 Å². The van der Waals surface area contributed by atoms with Gasteiger partial charge in [-0.15, -0.1) is 0 Å². The van der Waals surface area contributed by atoms with E-state index in [0.29, 0.717) is 12.5 Å². The molecule has 2 atom stereocenters. The molecule has 2 unspecified atom stereocenters. The normalized spacial score (nSPS) is 29.9. The fourth-order valence-corrected chi connectivity index (χ4v) is 2.56. The van der Waals surface area contributed by atoms with Crippen molar-refractivity contribution < 1.29 is 9.59 Å². The minimum absolute atomic E-state index is 0.0286. The highest BCUT2D eigenvalue weighted by Gasteiger charge is 2.30. The molecular formula is C12H21N3O2. The van der Waals surface area contributed by atoms with Gasteiger partial charge in [-0.05, 0) is 18.8 Å². The van der Waals surface area contributed by atoms with Gasteiger partial charge >= 0.3 is 0 Å². The Morgan fingerprint density at radius 1 is 1.53 bits per heavy atom. The van der Waals surface area contributed by atoms with Crippen LogP contribution in [-0.2, 0) is 9.59 Å². The van der Waals surface area contributed by atoms with Gasteiger partial charge in [0, 0.05) is 19.6 Å². The molecule has 0 radical (unpaired) electrons. The minimum atomic E-state index is -0.233. The van der Waals surface area contributed by atoms with E-state index in [1.807, 2.05) is 4.90 Å². The molecule has 0 aromatic carbocycles. The van der Waals surface area contributed by atoms with E-state index in [0.717, 1.165) is 25.9 Å². The first kappa shape index (κ1) is 12.4. The molecule has 0 saturated carbocycles. The summed E-state index contributed by atoms with van der Waals surface area (Å²) < 4.78 is 0. The maximum Gasteiger partial charge on any atom is 0.241 e. The van der Waals surface area contributed by atoms with Crippen LogP contribution in [0.15, 0.2) is 0 Å². The predicted molar refractivity (Wildman–Crippen MR) is 64.4 cm³/mol. The number of piperidine rings is 1. The van der Waals surface area contributed by atoms with E-state index in [1.165, 1.54) is 6.42 Å². The van der Waals surface area contributed by atoms with E-state index in [9.17, 15) is 9.59 Å². The third-order valence-electron chi connectivity index (χ3n) is 3.72. The molecule has 2 rings (SSSR count). The predicted octanol–water partition coefficient (Wildman–Crippen LogP) is -0.277. The number of rotatable bonds is 2. The van der Waals surface area contributed by atoms with Crippen molar-refractivity contribution in [1.82, 2.24) is 15.5 Å². The first-order valence-electron chi connectivity index (χ1n) is 6.49. The van der Waals surface area contributed by atoms with Gasteiger partial charge in [-0.1, -0.05) is 13.3 Å². The van der Waals surface area contributed by atoms with Gasteiger partial charge in [-0.2, -0.15) is 0 Å². The van der Waals surface area contributed by atoms with Crippen molar-refractivity contribution in [2.45, 2.75) is 32.2 Å². The molecule has 96 valence electrons. The summed E-state index contributed by atoms with van der Waals surface area (Å²) in [5, 5.41) is 5.72. The van der Waals surface area contributed by atoms with Gasteiger partial charge in [0.25, 0.3) is 0 Å². The Morgan fingerprint density at radius 3 is 3.00 bits per heavy atom. The van der Waals surface area contributed by atoms with Gasteiger partial charge in [0.2, 0.25) is 11.8 Å². The summed E-state index contributed by atoms with van der Waals surface area (Å²) in [6.07, 6.45) is 3.47. The molecule has 5 heteroatoms. The fraction of sp³-hybridized carbons (Fsp3) is 0.833. The van der Waals surface area contributed by atoms with E-state index in [2.05, 4.69) is 17.6 Å². The maximum absolute atomic E-state index is 12.2. The zero-order valence-electron chi connectivity index (χ0n) is 10.4. The number of hydrogen-bond acceptors (Lipinski definition) is 3. The number of hydrogen-bond donors (Lipinski definition) is 2. The van der Waals surface area contributed by atoms with Gasteiger partial charge in [-0.3, -0.25) is 14.9 Å². The van der Waals surface area contributed by atoms with E-state index < -0.39 is 0 Å².